The average molecular weight is 279 g/mol. The Labute approximate surface area is 114 Å². The molecule has 1 aromatic rings. The number of hydrogen-bond donors (Lipinski definition) is 2. The van der Waals surface area contributed by atoms with Crippen molar-refractivity contribution in [2.24, 2.45) is 5.92 Å². The van der Waals surface area contributed by atoms with Crippen LogP contribution in [-0.2, 0) is 4.79 Å². The van der Waals surface area contributed by atoms with Crippen LogP contribution in [0.15, 0.2) is 18.2 Å². The van der Waals surface area contributed by atoms with Gasteiger partial charge in [0, 0.05) is 12.2 Å². The molecule has 6 nitrogen and oxygen atoms in total. The molecule has 1 atom stereocenters. The van der Waals surface area contributed by atoms with E-state index < -0.39 is 11.7 Å². The van der Waals surface area contributed by atoms with E-state index in [4.69, 9.17) is 17.3 Å². The molecule has 2 rings (SSSR count). The Bertz CT molecular complexity index is 573. The summed E-state index contributed by atoms with van der Waals surface area (Å²) in [5, 5.41) is 23.1. The molecule has 0 unspecified atom stereocenters. The summed E-state index contributed by atoms with van der Waals surface area (Å²) in [6.45, 7) is 2.09. The highest BCUT2D eigenvalue weighted by Gasteiger charge is 2.27. The van der Waals surface area contributed by atoms with Gasteiger partial charge in [-0.25, -0.2) is 4.79 Å². The Kier molecular flexibility index (Phi) is 3.39. The number of benzene rings is 1. The van der Waals surface area contributed by atoms with Gasteiger partial charge in [-0.15, -0.1) is 0 Å². The zero-order chi connectivity index (χ0) is 14.2. The minimum absolute atomic E-state index is 0.167. The maximum absolute atomic E-state index is 11.4. The van der Waals surface area contributed by atoms with Crippen LogP contribution in [0, 0.1) is 5.92 Å². The molecule has 0 radical (unpaired) electrons. The van der Waals surface area contributed by atoms with Crippen LogP contribution >= 0.6 is 12.2 Å². The van der Waals surface area contributed by atoms with Crippen molar-refractivity contribution in [1.82, 2.24) is 5.32 Å². The van der Waals surface area contributed by atoms with Crippen LogP contribution < -0.4 is 15.3 Å². The van der Waals surface area contributed by atoms with E-state index in [0.29, 0.717) is 12.2 Å². The predicted octanol–water partition coefficient (Wildman–Crippen LogP) is 0.316. The van der Waals surface area contributed by atoms with Gasteiger partial charge in [0.1, 0.15) is 0 Å². The van der Waals surface area contributed by atoms with Gasteiger partial charge in [-0.2, -0.15) is 0 Å². The lowest BCUT2D eigenvalue weighted by atomic mass is 10.1. The molecule has 1 aromatic carbocycles. The summed E-state index contributed by atoms with van der Waals surface area (Å²) in [4.78, 5) is 24.0. The molecular formula is C12H11N2O4S-. The number of hydrogen-bond acceptors (Lipinski definition) is 4. The molecule has 1 aliphatic rings. The van der Waals surface area contributed by atoms with Crippen molar-refractivity contribution in [1.29, 1.82) is 0 Å². The molecule has 2 N–H and O–H groups in total. The first-order valence-corrected chi connectivity index (χ1v) is 5.97. The van der Waals surface area contributed by atoms with E-state index >= 15 is 0 Å². The fourth-order valence-corrected chi connectivity index (χ4v) is 2.09. The fourth-order valence-electron chi connectivity index (χ4n) is 1.81. The number of carbonyl (C=O) groups is 2. The van der Waals surface area contributed by atoms with Gasteiger partial charge in [-0.3, -0.25) is 4.79 Å². The number of carboxylic acids is 1. The maximum Gasteiger partial charge on any atom is 0.335 e. The van der Waals surface area contributed by atoms with E-state index in [1.165, 1.54) is 18.2 Å². The summed E-state index contributed by atoms with van der Waals surface area (Å²) >= 11 is 5.05. The molecule has 0 aliphatic carbocycles. The number of nitrogens with zero attached hydrogens (tertiary/aromatic N) is 1. The smallest absolute Gasteiger partial charge is 0.335 e. The van der Waals surface area contributed by atoms with Crippen molar-refractivity contribution < 1.29 is 19.8 Å². The Hall–Kier alpha value is -2.15. The molecule has 1 heterocycles. The molecular weight excluding hydrogens is 268 g/mol. The van der Waals surface area contributed by atoms with Crippen molar-refractivity contribution in [2.75, 3.05) is 11.4 Å². The van der Waals surface area contributed by atoms with Crippen molar-refractivity contribution in [2.45, 2.75) is 6.92 Å². The third kappa shape index (κ3) is 2.50. The van der Waals surface area contributed by atoms with Crippen LogP contribution in [0.25, 0.3) is 0 Å². The average Bonchev–Trinajstić information content (AvgIpc) is 2.34. The first kappa shape index (κ1) is 13.3. The van der Waals surface area contributed by atoms with Gasteiger partial charge < -0.3 is 20.4 Å². The number of amides is 1. The Morgan fingerprint density at radius 2 is 2.26 bits per heavy atom. The Balaban J connectivity index is 2.36. The molecule has 1 saturated heterocycles. The van der Waals surface area contributed by atoms with Crippen molar-refractivity contribution in [3.8, 4) is 5.75 Å². The lowest BCUT2D eigenvalue weighted by Crippen LogP contribution is -2.53. The zero-order valence-corrected chi connectivity index (χ0v) is 10.9. The van der Waals surface area contributed by atoms with Crippen LogP contribution in [0.4, 0.5) is 5.69 Å². The molecule has 1 fully saturated rings. The Morgan fingerprint density at radius 1 is 1.58 bits per heavy atom. The van der Waals surface area contributed by atoms with Crippen LogP contribution in [-0.4, -0.2) is 28.6 Å². The number of carboxylic acid groups (broad SMARTS) is 1. The molecule has 0 bridgehead atoms. The van der Waals surface area contributed by atoms with Gasteiger partial charge in [0.25, 0.3) is 0 Å². The van der Waals surface area contributed by atoms with Gasteiger partial charge in [0.15, 0.2) is 5.11 Å². The number of anilines is 1. The van der Waals surface area contributed by atoms with Gasteiger partial charge in [-0.05, 0) is 24.4 Å². The second-order valence-corrected chi connectivity index (χ2v) is 4.68. The lowest BCUT2D eigenvalue weighted by Gasteiger charge is -2.33. The molecule has 100 valence electrons. The summed E-state index contributed by atoms with van der Waals surface area (Å²) in [5.74, 6) is -2.28. The van der Waals surface area contributed by atoms with E-state index in [9.17, 15) is 14.7 Å². The number of carbonyl (C=O) groups excluding carboxylic acids is 1. The minimum Gasteiger partial charge on any atom is -0.872 e. The molecule has 0 spiro atoms. The van der Waals surface area contributed by atoms with Crippen molar-refractivity contribution in [3.05, 3.63) is 23.8 Å². The van der Waals surface area contributed by atoms with Gasteiger partial charge >= 0.3 is 5.97 Å². The summed E-state index contributed by atoms with van der Waals surface area (Å²) in [6, 6.07) is 3.94. The number of thiocarbonyl (C=S) groups is 1. The predicted molar refractivity (Wildman–Crippen MR) is 70.1 cm³/mol. The third-order valence-electron chi connectivity index (χ3n) is 2.88. The molecule has 0 saturated carbocycles. The largest absolute Gasteiger partial charge is 0.872 e. The molecule has 19 heavy (non-hydrogen) atoms. The van der Waals surface area contributed by atoms with E-state index in [2.05, 4.69) is 5.32 Å². The highest BCUT2D eigenvalue weighted by Crippen LogP contribution is 2.24. The summed E-state index contributed by atoms with van der Waals surface area (Å²) < 4.78 is 0. The molecule has 1 amide bonds. The summed E-state index contributed by atoms with van der Waals surface area (Å²) in [6.07, 6.45) is 0. The van der Waals surface area contributed by atoms with Crippen LogP contribution in [0.5, 0.6) is 5.75 Å². The summed E-state index contributed by atoms with van der Waals surface area (Å²) in [7, 11) is 0. The van der Waals surface area contributed by atoms with Crippen molar-refractivity contribution >= 4 is 34.9 Å². The third-order valence-corrected chi connectivity index (χ3v) is 3.21. The molecule has 7 heteroatoms. The van der Waals surface area contributed by atoms with Gasteiger partial charge in [-0.1, -0.05) is 18.7 Å². The van der Waals surface area contributed by atoms with E-state index in [0.717, 1.165) is 0 Å². The fraction of sp³-hybridized carbons (Fsp3) is 0.250. The highest BCUT2D eigenvalue weighted by atomic mass is 32.1. The highest BCUT2D eigenvalue weighted by molar-refractivity contribution is 7.80. The Morgan fingerprint density at radius 3 is 2.89 bits per heavy atom. The standard InChI is InChI=1S/C12H12N2O4S/c1-6-5-14(12(19)13-10(6)16)7-2-3-9(15)8(4-7)11(17)18/h2-4,6,15H,5H2,1H3,(H,17,18)(H,13,16,19)/p-1/t6-/m0/s1. The second kappa shape index (κ2) is 4.85. The molecule has 1 aliphatic heterocycles. The van der Waals surface area contributed by atoms with E-state index in [-0.39, 0.29) is 22.5 Å². The quantitative estimate of drug-likeness (QED) is 0.757. The van der Waals surface area contributed by atoms with Crippen LogP contribution in [0.1, 0.15) is 17.3 Å². The topological polar surface area (TPSA) is 92.7 Å². The normalized spacial score (nSPS) is 19.2. The van der Waals surface area contributed by atoms with Crippen LogP contribution in [0.2, 0.25) is 0 Å². The number of rotatable bonds is 2. The SMILES string of the molecule is C[C@H]1CN(c2ccc([O-])c(C(=O)O)c2)C(=S)NC1=O. The van der Waals surface area contributed by atoms with Crippen molar-refractivity contribution in [3.63, 3.8) is 0 Å². The number of aromatic carboxylic acids is 1. The zero-order valence-electron chi connectivity index (χ0n) is 10.0. The number of nitrogens with one attached hydrogen (secondary N) is 1. The lowest BCUT2D eigenvalue weighted by molar-refractivity contribution is -0.268. The minimum atomic E-state index is -1.29. The van der Waals surface area contributed by atoms with Gasteiger partial charge in [0.05, 0.1) is 11.5 Å². The molecule has 0 aromatic heterocycles. The summed E-state index contributed by atoms with van der Waals surface area (Å²) in [5.41, 5.74) is 0.165. The van der Waals surface area contributed by atoms with E-state index in [1.807, 2.05) is 0 Å². The monoisotopic (exact) mass is 279 g/mol. The first-order valence-electron chi connectivity index (χ1n) is 5.57. The van der Waals surface area contributed by atoms with Crippen LogP contribution in [0.3, 0.4) is 0 Å². The first-order chi connectivity index (χ1) is 8.90. The van der Waals surface area contributed by atoms with Gasteiger partial charge in [0.2, 0.25) is 5.91 Å². The second-order valence-electron chi connectivity index (χ2n) is 4.29. The maximum atomic E-state index is 11.4. The van der Waals surface area contributed by atoms with E-state index in [1.54, 1.807) is 11.8 Å².